The Morgan fingerprint density at radius 2 is 1.85 bits per heavy atom. The number of hydrazone groups is 1. The fourth-order valence-electron chi connectivity index (χ4n) is 2.93. The van der Waals surface area contributed by atoms with Gasteiger partial charge in [0.1, 0.15) is 6.61 Å². The number of thioether (sulfide) groups is 1. The number of hydrogen-bond acceptors (Lipinski definition) is 5. The van der Waals surface area contributed by atoms with Crippen molar-refractivity contribution in [3.8, 4) is 11.5 Å². The van der Waals surface area contributed by atoms with Crippen LogP contribution >= 0.6 is 27.7 Å². The van der Waals surface area contributed by atoms with E-state index in [1.807, 2.05) is 49.4 Å². The predicted octanol–water partition coefficient (Wildman–Crippen LogP) is 6.12. The van der Waals surface area contributed by atoms with E-state index in [4.69, 9.17) is 9.47 Å². The van der Waals surface area contributed by atoms with Crippen LogP contribution in [0.25, 0.3) is 0 Å². The molecular weight excluding hydrogens is 500 g/mol. The largest absolute Gasteiger partial charge is 0.493 e. The van der Waals surface area contributed by atoms with Crippen LogP contribution in [0.1, 0.15) is 29.2 Å². The lowest BCUT2D eigenvalue weighted by molar-refractivity contribution is -0.120. The molecule has 3 rings (SSSR count). The summed E-state index contributed by atoms with van der Waals surface area (Å²) in [4.78, 5) is 12.3. The molecule has 3 aromatic rings. The number of nitrogens with zero attached hydrogens (tertiary/aromatic N) is 1. The van der Waals surface area contributed by atoms with E-state index >= 15 is 0 Å². The molecule has 7 heteroatoms. The lowest BCUT2D eigenvalue weighted by Crippen LogP contribution is -2.27. The quantitative estimate of drug-likeness (QED) is 0.255. The van der Waals surface area contributed by atoms with Crippen molar-refractivity contribution in [2.24, 2.45) is 5.10 Å². The van der Waals surface area contributed by atoms with Crippen molar-refractivity contribution in [3.63, 3.8) is 0 Å². The van der Waals surface area contributed by atoms with E-state index in [-0.39, 0.29) is 11.2 Å². The van der Waals surface area contributed by atoms with E-state index in [1.54, 1.807) is 25.1 Å². The van der Waals surface area contributed by atoms with Crippen LogP contribution in [0.4, 0.5) is 0 Å². The number of amides is 1. The molecule has 5 nitrogen and oxygen atoms in total. The second-order valence-corrected chi connectivity index (χ2v) is 9.66. The van der Waals surface area contributed by atoms with Gasteiger partial charge in [-0.2, -0.15) is 5.10 Å². The molecule has 33 heavy (non-hydrogen) atoms. The maximum absolute atomic E-state index is 12.3. The molecule has 0 bridgehead atoms. The Balaban J connectivity index is 1.56. The van der Waals surface area contributed by atoms with Gasteiger partial charge in [-0.1, -0.05) is 60.2 Å². The number of ether oxygens (including phenoxy) is 2. The standard InChI is InChI=1S/C26H27BrN2O3S/c1-18-9-11-20(12-10-18)16-32-25-23(27)13-22(14-24(25)31-3)15-28-29-26(30)19(2)33-17-21-7-5-4-6-8-21/h4-15,19H,16-17H2,1-3H3,(H,29,30)/b28-15-/t19-/m1/s1. The molecule has 1 amide bonds. The van der Waals surface area contributed by atoms with Gasteiger partial charge >= 0.3 is 0 Å². The van der Waals surface area contributed by atoms with Crippen LogP contribution in [0.2, 0.25) is 0 Å². The molecule has 0 aliphatic carbocycles. The molecule has 0 unspecified atom stereocenters. The van der Waals surface area contributed by atoms with Crippen molar-refractivity contribution in [2.45, 2.75) is 31.5 Å². The topological polar surface area (TPSA) is 59.9 Å². The maximum atomic E-state index is 12.3. The third kappa shape index (κ3) is 7.65. The number of benzene rings is 3. The molecule has 0 spiro atoms. The zero-order valence-corrected chi connectivity index (χ0v) is 21.3. The Bertz CT molecular complexity index is 1090. The third-order valence-corrected chi connectivity index (χ3v) is 6.66. The van der Waals surface area contributed by atoms with E-state index in [1.165, 1.54) is 11.1 Å². The van der Waals surface area contributed by atoms with Crippen molar-refractivity contribution < 1.29 is 14.3 Å². The minimum absolute atomic E-state index is 0.142. The molecule has 0 saturated heterocycles. The second-order valence-electron chi connectivity index (χ2n) is 7.48. The lowest BCUT2D eigenvalue weighted by Gasteiger charge is -2.14. The van der Waals surface area contributed by atoms with Crippen molar-refractivity contribution in [1.82, 2.24) is 5.43 Å². The zero-order valence-electron chi connectivity index (χ0n) is 18.9. The summed E-state index contributed by atoms with van der Waals surface area (Å²) in [6, 6.07) is 22.0. The van der Waals surface area contributed by atoms with Crippen LogP contribution in [0.15, 0.2) is 76.3 Å². The van der Waals surface area contributed by atoms with E-state index in [9.17, 15) is 4.79 Å². The number of rotatable bonds is 10. The normalized spacial score (nSPS) is 11.9. The Hall–Kier alpha value is -2.77. The van der Waals surface area contributed by atoms with Crippen molar-refractivity contribution in [3.05, 3.63) is 93.5 Å². The molecule has 0 saturated carbocycles. The van der Waals surface area contributed by atoms with Gasteiger partial charge in [-0.25, -0.2) is 5.43 Å². The van der Waals surface area contributed by atoms with Crippen LogP contribution < -0.4 is 14.9 Å². The van der Waals surface area contributed by atoms with Gasteiger partial charge in [0.2, 0.25) is 0 Å². The first-order valence-corrected chi connectivity index (χ1v) is 12.3. The molecule has 0 radical (unpaired) electrons. The van der Waals surface area contributed by atoms with Crippen LogP contribution in [0.5, 0.6) is 11.5 Å². The monoisotopic (exact) mass is 526 g/mol. The van der Waals surface area contributed by atoms with Crippen LogP contribution in [0, 0.1) is 6.92 Å². The van der Waals surface area contributed by atoms with Gasteiger partial charge in [0.25, 0.3) is 5.91 Å². The summed E-state index contributed by atoms with van der Waals surface area (Å²) >= 11 is 5.12. The fourth-order valence-corrected chi connectivity index (χ4v) is 4.34. The number of methoxy groups -OCH3 is 1. The van der Waals surface area contributed by atoms with Crippen LogP contribution in [-0.4, -0.2) is 24.5 Å². The smallest absolute Gasteiger partial charge is 0.252 e. The summed E-state index contributed by atoms with van der Waals surface area (Å²) < 4.78 is 12.2. The highest BCUT2D eigenvalue weighted by Crippen LogP contribution is 2.36. The van der Waals surface area contributed by atoms with E-state index in [0.29, 0.717) is 18.1 Å². The molecule has 172 valence electrons. The summed E-state index contributed by atoms with van der Waals surface area (Å²) in [5, 5.41) is 3.89. The SMILES string of the molecule is COc1cc(/C=N\NC(=O)[C@@H](C)SCc2ccccc2)cc(Br)c1OCc1ccc(C)cc1. The molecule has 1 N–H and O–H groups in total. The lowest BCUT2D eigenvalue weighted by atomic mass is 10.2. The Morgan fingerprint density at radius 1 is 1.12 bits per heavy atom. The number of halogens is 1. The summed E-state index contributed by atoms with van der Waals surface area (Å²) in [6.45, 7) is 4.35. The van der Waals surface area contributed by atoms with Crippen molar-refractivity contribution >= 4 is 39.8 Å². The van der Waals surface area contributed by atoms with E-state index in [2.05, 4.69) is 57.6 Å². The van der Waals surface area contributed by atoms with Gasteiger partial charge in [0.05, 0.1) is 23.0 Å². The Labute approximate surface area is 207 Å². The van der Waals surface area contributed by atoms with Crippen molar-refractivity contribution in [2.75, 3.05) is 7.11 Å². The Morgan fingerprint density at radius 3 is 2.55 bits per heavy atom. The average Bonchev–Trinajstić information content (AvgIpc) is 2.83. The summed E-state index contributed by atoms with van der Waals surface area (Å²) in [7, 11) is 1.59. The third-order valence-electron chi connectivity index (χ3n) is 4.86. The summed E-state index contributed by atoms with van der Waals surface area (Å²) in [5.74, 6) is 1.82. The molecular formula is C26H27BrN2O3S. The molecule has 0 aromatic heterocycles. The van der Waals surface area contributed by atoms with Gasteiger partial charge in [-0.15, -0.1) is 11.8 Å². The molecule has 0 aliphatic heterocycles. The number of carbonyl (C=O) groups is 1. The van der Waals surface area contributed by atoms with E-state index < -0.39 is 0 Å². The summed E-state index contributed by atoms with van der Waals surface area (Å²) in [6.07, 6.45) is 1.59. The average molecular weight is 527 g/mol. The molecule has 1 atom stereocenters. The van der Waals surface area contributed by atoms with Gasteiger partial charge in [0, 0.05) is 5.75 Å². The minimum atomic E-state index is -0.221. The molecule has 0 heterocycles. The van der Waals surface area contributed by atoms with Crippen LogP contribution in [-0.2, 0) is 17.2 Å². The summed E-state index contributed by atoms with van der Waals surface area (Å²) in [5.41, 5.74) is 6.85. The van der Waals surface area contributed by atoms with Crippen LogP contribution in [0.3, 0.4) is 0 Å². The molecule has 0 aliphatic rings. The number of aryl methyl sites for hydroxylation is 1. The van der Waals surface area contributed by atoms with E-state index in [0.717, 1.165) is 21.4 Å². The minimum Gasteiger partial charge on any atom is -0.493 e. The fraction of sp³-hybridized carbons (Fsp3) is 0.231. The van der Waals surface area contributed by atoms with Crippen molar-refractivity contribution in [1.29, 1.82) is 0 Å². The molecule has 3 aromatic carbocycles. The van der Waals surface area contributed by atoms with Gasteiger partial charge in [-0.3, -0.25) is 4.79 Å². The van der Waals surface area contributed by atoms with Gasteiger partial charge in [0.15, 0.2) is 11.5 Å². The number of nitrogens with one attached hydrogen (secondary N) is 1. The predicted molar refractivity (Wildman–Crippen MR) is 139 cm³/mol. The number of hydrogen-bond donors (Lipinski definition) is 1. The second kappa shape index (κ2) is 12.5. The zero-order chi connectivity index (χ0) is 23.6. The van der Waals surface area contributed by atoms with Gasteiger partial charge < -0.3 is 9.47 Å². The molecule has 0 fully saturated rings. The van der Waals surface area contributed by atoms with Gasteiger partial charge in [-0.05, 0) is 58.6 Å². The number of carbonyl (C=O) groups excluding carboxylic acids is 1. The first-order valence-electron chi connectivity index (χ1n) is 10.5. The first kappa shape index (κ1) is 24.9. The highest BCUT2D eigenvalue weighted by atomic mass is 79.9. The maximum Gasteiger partial charge on any atom is 0.252 e. The first-order chi connectivity index (χ1) is 16.0. The Kier molecular flexibility index (Phi) is 9.39. The highest BCUT2D eigenvalue weighted by molar-refractivity contribution is 9.10. The highest BCUT2D eigenvalue weighted by Gasteiger charge is 2.14.